The number of nitrogens with zero attached hydrogens (tertiary/aromatic N) is 2. The number of hydrogen-bond acceptors (Lipinski definition) is 5. The van der Waals surface area contributed by atoms with Gasteiger partial charge in [-0.15, -0.1) is 24.0 Å². The van der Waals surface area contributed by atoms with Crippen molar-refractivity contribution in [1.29, 1.82) is 0 Å². The average Bonchev–Trinajstić information content (AvgIpc) is 2.64. The summed E-state index contributed by atoms with van der Waals surface area (Å²) in [6.07, 6.45) is 1.82. The molecule has 0 aliphatic carbocycles. The third-order valence-electron chi connectivity index (χ3n) is 4.30. The van der Waals surface area contributed by atoms with Gasteiger partial charge in [0.05, 0.1) is 5.75 Å². The minimum atomic E-state index is -2.94. The van der Waals surface area contributed by atoms with Crippen LogP contribution in [0.2, 0.25) is 0 Å². The first-order chi connectivity index (χ1) is 12.4. The van der Waals surface area contributed by atoms with Crippen molar-refractivity contribution in [1.82, 2.24) is 10.6 Å². The van der Waals surface area contributed by atoms with Crippen LogP contribution in [-0.4, -0.2) is 64.1 Å². The van der Waals surface area contributed by atoms with E-state index in [2.05, 4.69) is 44.8 Å². The molecule has 1 aliphatic rings. The maximum atomic E-state index is 11.3. The van der Waals surface area contributed by atoms with E-state index < -0.39 is 9.84 Å². The number of sulfone groups is 1. The van der Waals surface area contributed by atoms with Crippen LogP contribution in [-0.2, 0) is 16.4 Å². The maximum absolute atomic E-state index is 11.3. The molecule has 1 unspecified atom stereocenters. The van der Waals surface area contributed by atoms with Gasteiger partial charge in [0.15, 0.2) is 5.96 Å². The van der Waals surface area contributed by atoms with Gasteiger partial charge in [-0.25, -0.2) is 8.42 Å². The highest BCUT2D eigenvalue weighted by atomic mass is 127. The molecule has 0 radical (unpaired) electrons. The lowest BCUT2D eigenvalue weighted by molar-refractivity contribution is 0.581. The largest absolute Gasteiger partial charge is 0.370 e. The van der Waals surface area contributed by atoms with Crippen molar-refractivity contribution in [3.05, 3.63) is 29.8 Å². The van der Waals surface area contributed by atoms with Gasteiger partial charge in [0.25, 0.3) is 0 Å². The van der Waals surface area contributed by atoms with Gasteiger partial charge in [-0.2, -0.15) is 11.8 Å². The van der Waals surface area contributed by atoms with Gasteiger partial charge in [-0.1, -0.05) is 12.1 Å². The van der Waals surface area contributed by atoms with Crippen molar-refractivity contribution >= 4 is 57.2 Å². The molecule has 0 bridgehead atoms. The third-order valence-corrected chi connectivity index (χ3v) is 6.22. The van der Waals surface area contributed by atoms with E-state index in [1.165, 1.54) is 29.0 Å². The topological polar surface area (TPSA) is 73.8 Å². The average molecular weight is 527 g/mol. The number of hydrogen-bond donors (Lipinski definition) is 2. The Labute approximate surface area is 184 Å². The van der Waals surface area contributed by atoms with Crippen LogP contribution in [0.4, 0.5) is 5.69 Å². The molecule has 27 heavy (non-hydrogen) atoms. The first kappa shape index (κ1) is 24.4. The Morgan fingerprint density at radius 3 is 2.44 bits per heavy atom. The molecule has 1 aliphatic heterocycles. The van der Waals surface area contributed by atoms with E-state index in [4.69, 9.17) is 0 Å². The predicted octanol–water partition coefficient (Wildman–Crippen LogP) is 2.35. The fraction of sp³-hybridized carbons (Fsp3) is 0.611. The molecule has 6 nitrogen and oxygen atoms in total. The molecular formula is C18H31IN4O2S2. The van der Waals surface area contributed by atoms with E-state index in [9.17, 15) is 8.42 Å². The monoisotopic (exact) mass is 526 g/mol. The summed E-state index contributed by atoms with van der Waals surface area (Å²) < 4.78 is 22.5. The van der Waals surface area contributed by atoms with Crippen molar-refractivity contribution in [2.75, 3.05) is 48.6 Å². The van der Waals surface area contributed by atoms with Crippen LogP contribution in [0.15, 0.2) is 29.3 Å². The quantitative estimate of drug-likeness (QED) is 0.323. The lowest BCUT2D eigenvalue weighted by Gasteiger charge is -2.28. The van der Waals surface area contributed by atoms with Crippen LogP contribution in [0.1, 0.15) is 18.9 Å². The summed E-state index contributed by atoms with van der Waals surface area (Å²) in [5.74, 6) is 3.25. The number of guanidine groups is 1. The van der Waals surface area contributed by atoms with Crippen LogP contribution in [0, 0.1) is 0 Å². The van der Waals surface area contributed by atoms with Crippen LogP contribution in [0.25, 0.3) is 0 Å². The van der Waals surface area contributed by atoms with Gasteiger partial charge in [0.1, 0.15) is 9.84 Å². The molecule has 0 aromatic heterocycles. The Morgan fingerprint density at radius 1 is 1.26 bits per heavy atom. The molecule has 2 rings (SSSR count). The summed E-state index contributed by atoms with van der Waals surface area (Å²) in [5.41, 5.74) is 2.47. The van der Waals surface area contributed by atoms with Crippen LogP contribution in [0.5, 0.6) is 0 Å². The molecule has 154 valence electrons. The number of nitrogens with one attached hydrogen (secondary N) is 2. The standard InChI is InChI=1S/C18H30N4O2S2.HI/c1-15(8-13-26(3,23)24)21-18(19-2)20-14-16-4-6-17(7-5-16)22-9-11-25-12-10-22;/h4-7,15H,8-14H2,1-3H3,(H2,19,20,21);1H. The fourth-order valence-electron chi connectivity index (χ4n) is 2.72. The number of benzene rings is 1. The second-order valence-electron chi connectivity index (χ2n) is 6.66. The Hall–Kier alpha value is -0.680. The molecule has 0 spiro atoms. The number of thioether (sulfide) groups is 1. The summed E-state index contributed by atoms with van der Waals surface area (Å²) in [6.45, 7) is 4.87. The second kappa shape index (κ2) is 12.0. The molecule has 1 fully saturated rings. The van der Waals surface area contributed by atoms with Gasteiger partial charge in [-0.3, -0.25) is 4.99 Å². The zero-order valence-corrected chi connectivity index (χ0v) is 20.2. The number of anilines is 1. The SMILES string of the molecule is CN=C(NCc1ccc(N2CCSCC2)cc1)NC(C)CCS(C)(=O)=O.I. The van der Waals surface area contributed by atoms with E-state index in [0.717, 1.165) is 13.1 Å². The molecule has 9 heteroatoms. The van der Waals surface area contributed by atoms with Gasteiger partial charge < -0.3 is 15.5 Å². The molecule has 2 N–H and O–H groups in total. The highest BCUT2D eigenvalue weighted by molar-refractivity contribution is 14.0. The number of aliphatic imine (C=N–C) groups is 1. The Balaban J connectivity index is 0.00000364. The van der Waals surface area contributed by atoms with Gasteiger partial charge in [-0.05, 0) is 31.0 Å². The summed E-state index contributed by atoms with van der Waals surface area (Å²) in [4.78, 5) is 6.64. The molecule has 1 aromatic carbocycles. The van der Waals surface area contributed by atoms with Crippen LogP contribution in [0.3, 0.4) is 0 Å². The zero-order valence-electron chi connectivity index (χ0n) is 16.3. The summed E-state index contributed by atoms with van der Waals surface area (Å²) in [5, 5.41) is 6.52. The summed E-state index contributed by atoms with van der Waals surface area (Å²) in [6, 6.07) is 8.68. The van der Waals surface area contributed by atoms with Crippen molar-refractivity contribution in [2.45, 2.75) is 25.9 Å². The van der Waals surface area contributed by atoms with Crippen molar-refractivity contribution < 1.29 is 8.42 Å². The first-order valence-electron chi connectivity index (χ1n) is 8.94. The van der Waals surface area contributed by atoms with Gasteiger partial charge in [0.2, 0.25) is 0 Å². The zero-order chi connectivity index (χ0) is 19.0. The van der Waals surface area contributed by atoms with E-state index in [1.54, 1.807) is 7.05 Å². The second-order valence-corrected chi connectivity index (χ2v) is 10.1. The summed E-state index contributed by atoms with van der Waals surface area (Å²) in [7, 11) is -1.22. The molecule has 0 saturated carbocycles. The molecule has 1 aromatic rings. The molecule has 0 amide bonds. The smallest absolute Gasteiger partial charge is 0.191 e. The van der Waals surface area contributed by atoms with Crippen molar-refractivity contribution in [3.8, 4) is 0 Å². The van der Waals surface area contributed by atoms with Gasteiger partial charge >= 0.3 is 0 Å². The van der Waals surface area contributed by atoms with Crippen LogP contribution < -0.4 is 15.5 Å². The molecule has 1 heterocycles. The Bertz CT molecular complexity index is 690. The predicted molar refractivity (Wildman–Crippen MR) is 129 cm³/mol. The Morgan fingerprint density at radius 2 is 1.89 bits per heavy atom. The first-order valence-corrected chi connectivity index (χ1v) is 12.2. The Kier molecular flexibility index (Phi) is 10.8. The number of halogens is 1. The minimum Gasteiger partial charge on any atom is -0.370 e. The van der Waals surface area contributed by atoms with E-state index in [0.29, 0.717) is 18.9 Å². The lowest BCUT2D eigenvalue weighted by Crippen LogP contribution is -2.42. The highest BCUT2D eigenvalue weighted by Gasteiger charge is 2.11. The third kappa shape index (κ3) is 9.38. The molecule has 1 saturated heterocycles. The minimum absolute atomic E-state index is 0. The number of rotatable bonds is 7. The van der Waals surface area contributed by atoms with E-state index >= 15 is 0 Å². The summed E-state index contributed by atoms with van der Waals surface area (Å²) >= 11 is 2.01. The normalized spacial score (nSPS) is 16.4. The molecule has 1 atom stereocenters. The highest BCUT2D eigenvalue weighted by Crippen LogP contribution is 2.19. The van der Waals surface area contributed by atoms with Crippen molar-refractivity contribution in [2.24, 2.45) is 4.99 Å². The van der Waals surface area contributed by atoms with E-state index in [1.807, 2.05) is 18.7 Å². The molecular weight excluding hydrogens is 495 g/mol. The van der Waals surface area contributed by atoms with Crippen molar-refractivity contribution in [3.63, 3.8) is 0 Å². The van der Waals surface area contributed by atoms with Crippen LogP contribution >= 0.6 is 35.7 Å². The van der Waals surface area contributed by atoms with E-state index in [-0.39, 0.29) is 35.8 Å². The van der Waals surface area contributed by atoms with Gasteiger partial charge in [0, 0.05) is 56.2 Å². The maximum Gasteiger partial charge on any atom is 0.191 e. The fourth-order valence-corrected chi connectivity index (χ4v) is 4.41. The lowest BCUT2D eigenvalue weighted by atomic mass is 10.2.